The number of aliphatic hydroxyl groups is 1. The maximum absolute atomic E-state index is 10.4. The van der Waals surface area contributed by atoms with E-state index in [1.807, 2.05) is 30.5 Å². The summed E-state index contributed by atoms with van der Waals surface area (Å²) in [6.45, 7) is 7.23. The molecule has 4 N–H and O–H groups in total. The highest BCUT2D eigenvalue weighted by Crippen LogP contribution is 2.37. The number of aromatic hydroxyl groups is 1. The van der Waals surface area contributed by atoms with Crippen LogP contribution in [0.1, 0.15) is 30.5 Å². The van der Waals surface area contributed by atoms with Crippen molar-refractivity contribution in [2.24, 2.45) is 0 Å². The molecule has 0 unspecified atom stereocenters. The lowest BCUT2D eigenvalue weighted by atomic mass is 9.99. The molecular formula is C20H21N5O2. The Morgan fingerprint density at radius 3 is 2.52 bits per heavy atom. The topological polar surface area (TPSA) is 110 Å². The first-order valence-electron chi connectivity index (χ1n) is 8.63. The van der Waals surface area contributed by atoms with E-state index in [0.717, 1.165) is 22.2 Å². The van der Waals surface area contributed by atoms with Crippen molar-refractivity contribution in [2.75, 3.05) is 5.73 Å². The summed E-state index contributed by atoms with van der Waals surface area (Å²) in [5.41, 5.74) is 9.54. The molecule has 0 aliphatic heterocycles. The highest BCUT2D eigenvalue weighted by molar-refractivity contribution is 6.11. The first-order valence-corrected chi connectivity index (χ1v) is 8.63. The van der Waals surface area contributed by atoms with Crippen molar-refractivity contribution in [3.8, 4) is 11.4 Å². The maximum Gasteiger partial charge on any atom is 0.152 e. The van der Waals surface area contributed by atoms with Gasteiger partial charge in [-0.1, -0.05) is 6.07 Å². The van der Waals surface area contributed by atoms with Crippen LogP contribution in [0.2, 0.25) is 0 Å². The summed E-state index contributed by atoms with van der Waals surface area (Å²) in [5.74, 6) is 0.537. The van der Waals surface area contributed by atoms with E-state index in [9.17, 15) is 10.2 Å². The molecule has 138 valence electrons. The van der Waals surface area contributed by atoms with Crippen molar-refractivity contribution in [2.45, 2.75) is 33.3 Å². The van der Waals surface area contributed by atoms with E-state index in [1.165, 1.54) is 6.33 Å². The average molecular weight is 363 g/mol. The number of benzene rings is 1. The van der Waals surface area contributed by atoms with Gasteiger partial charge < -0.3 is 15.9 Å². The zero-order chi connectivity index (χ0) is 19.5. The van der Waals surface area contributed by atoms with Crippen LogP contribution in [-0.4, -0.2) is 29.7 Å². The normalized spacial score (nSPS) is 12.2. The number of hydrogen-bond donors (Lipinski definition) is 3. The van der Waals surface area contributed by atoms with E-state index in [-0.39, 0.29) is 5.75 Å². The third kappa shape index (κ3) is 2.50. The maximum atomic E-state index is 10.4. The predicted octanol–water partition coefficient (Wildman–Crippen LogP) is 3.10. The molecule has 0 aliphatic rings. The van der Waals surface area contributed by atoms with Crippen LogP contribution in [0, 0.1) is 13.8 Å². The summed E-state index contributed by atoms with van der Waals surface area (Å²) >= 11 is 0. The highest BCUT2D eigenvalue weighted by Gasteiger charge is 2.23. The number of nitrogens with zero attached hydrogens (tertiary/aromatic N) is 4. The van der Waals surface area contributed by atoms with Crippen LogP contribution < -0.4 is 5.73 Å². The number of anilines is 1. The number of pyridine rings is 1. The minimum Gasteiger partial charge on any atom is -0.508 e. The average Bonchev–Trinajstić information content (AvgIpc) is 2.93. The molecule has 1 aromatic carbocycles. The molecule has 7 nitrogen and oxygen atoms in total. The molecule has 0 spiro atoms. The van der Waals surface area contributed by atoms with Crippen LogP contribution in [-0.2, 0) is 5.60 Å². The monoisotopic (exact) mass is 363 g/mol. The Bertz CT molecular complexity index is 1200. The van der Waals surface area contributed by atoms with Crippen LogP contribution in [0.4, 0.5) is 5.82 Å². The summed E-state index contributed by atoms with van der Waals surface area (Å²) in [6, 6.07) is 5.39. The number of phenolic OH excluding ortho intramolecular Hbond substituents is 1. The largest absolute Gasteiger partial charge is 0.508 e. The van der Waals surface area contributed by atoms with Gasteiger partial charge in [0, 0.05) is 22.7 Å². The van der Waals surface area contributed by atoms with E-state index >= 15 is 0 Å². The van der Waals surface area contributed by atoms with Crippen LogP contribution >= 0.6 is 0 Å². The van der Waals surface area contributed by atoms with Crippen LogP contribution in [0.15, 0.2) is 30.7 Å². The summed E-state index contributed by atoms with van der Waals surface area (Å²) in [4.78, 5) is 13.2. The molecule has 27 heavy (non-hydrogen) atoms. The second-order valence-electron chi connectivity index (χ2n) is 7.32. The molecule has 0 atom stereocenters. The standard InChI is InChI=1S/C20H21N5O2/c1-10-5-6-14(26)11(2)16(10)25-18-13(7-12(8-22-18)20(3,4)27)15-17(21)23-9-24-19(15)25/h5-9,26-27H,1-4H3,(H2,21,23,24). The Morgan fingerprint density at radius 1 is 1.07 bits per heavy atom. The molecule has 4 rings (SSSR count). The van der Waals surface area contributed by atoms with E-state index in [2.05, 4.69) is 15.0 Å². The smallest absolute Gasteiger partial charge is 0.152 e. The molecule has 7 heteroatoms. The summed E-state index contributed by atoms with van der Waals surface area (Å²) in [7, 11) is 0. The molecule has 0 amide bonds. The van der Waals surface area contributed by atoms with Gasteiger partial charge in [0.15, 0.2) is 5.65 Å². The van der Waals surface area contributed by atoms with Crippen LogP contribution in [0.5, 0.6) is 5.75 Å². The number of hydrogen-bond acceptors (Lipinski definition) is 6. The lowest BCUT2D eigenvalue weighted by molar-refractivity contribution is 0.0784. The van der Waals surface area contributed by atoms with Gasteiger partial charge in [0.2, 0.25) is 0 Å². The highest BCUT2D eigenvalue weighted by atomic mass is 16.3. The minimum absolute atomic E-state index is 0.195. The van der Waals surface area contributed by atoms with E-state index in [0.29, 0.717) is 28.1 Å². The fraction of sp³-hybridized carbons (Fsp3) is 0.250. The first kappa shape index (κ1) is 17.2. The lowest BCUT2D eigenvalue weighted by Gasteiger charge is -2.17. The van der Waals surface area contributed by atoms with Gasteiger partial charge in [0.25, 0.3) is 0 Å². The SMILES string of the molecule is Cc1ccc(O)c(C)c1-n1c2ncc(C(C)(C)O)cc2c2c(N)ncnc21. The number of nitrogens with two attached hydrogens (primary N) is 1. The van der Waals surface area contributed by atoms with E-state index in [1.54, 1.807) is 26.1 Å². The quantitative estimate of drug-likeness (QED) is 0.505. The second kappa shape index (κ2) is 5.65. The van der Waals surface area contributed by atoms with Crippen molar-refractivity contribution in [3.05, 3.63) is 47.4 Å². The molecule has 0 saturated carbocycles. The van der Waals surface area contributed by atoms with Gasteiger partial charge in [0.05, 0.1) is 16.7 Å². The van der Waals surface area contributed by atoms with Crippen molar-refractivity contribution in [3.63, 3.8) is 0 Å². The molecule has 0 saturated heterocycles. The zero-order valence-corrected chi connectivity index (χ0v) is 15.6. The molecular weight excluding hydrogens is 342 g/mol. The Labute approximate surface area is 156 Å². The van der Waals surface area contributed by atoms with Crippen molar-refractivity contribution in [1.82, 2.24) is 19.5 Å². The summed E-state index contributed by atoms with van der Waals surface area (Å²) in [5, 5.41) is 22.1. The fourth-order valence-electron chi connectivity index (χ4n) is 3.45. The summed E-state index contributed by atoms with van der Waals surface area (Å²) < 4.78 is 1.89. The Kier molecular flexibility index (Phi) is 3.61. The van der Waals surface area contributed by atoms with Gasteiger partial charge in [-0.05, 0) is 45.4 Å². The van der Waals surface area contributed by atoms with E-state index in [4.69, 9.17) is 5.73 Å². The first-order chi connectivity index (χ1) is 12.7. The molecule has 3 heterocycles. The molecule has 3 aromatic heterocycles. The number of fused-ring (bicyclic) bond motifs is 3. The Morgan fingerprint density at radius 2 is 1.81 bits per heavy atom. The number of rotatable bonds is 2. The van der Waals surface area contributed by atoms with Gasteiger partial charge in [-0.2, -0.15) is 0 Å². The number of phenols is 1. The van der Waals surface area contributed by atoms with Gasteiger partial charge >= 0.3 is 0 Å². The van der Waals surface area contributed by atoms with Gasteiger partial charge in [0.1, 0.15) is 23.5 Å². The number of aryl methyl sites for hydroxylation is 1. The number of aromatic nitrogens is 4. The molecule has 4 aromatic rings. The minimum atomic E-state index is -1.04. The molecule has 0 aliphatic carbocycles. The van der Waals surface area contributed by atoms with Crippen LogP contribution in [0.25, 0.3) is 27.8 Å². The third-order valence-electron chi connectivity index (χ3n) is 4.95. The molecule has 0 bridgehead atoms. The second-order valence-corrected chi connectivity index (χ2v) is 7.32. The van der Waals surface area contributed by atoms with Gasteiger partial charge in [-0.15, -0.1) is 0 Å². The van der Waals surface area contributed by atoms with E-state index < -0.39 is 5.60 Å². The van der Waals surface area contributed by atoms with Gasteiger partial charge in [-0.3, -0.25) is 4.57 Å². The lowest BCUT2D eigenvalue weighted by Crippen LogP contribution is -2.15. The fourth-order valence-corrected chi connectivity index (χ4v) is 3.45. The predicted molar refractivity (Wildman–Crippen MR) is 105 cm³/mol. The van der Waals surface area contributed by atoms with Crippen LogP contribution in [0.3, 0.4) is 0 Å². The van der Waals surface area contributed by atoms with Crippen molar-refractivity contribution in [1.29, 1.82) is 0 Å². The van der Waals surface area contributed by atoms with Crippen molar-refractivity contribution >= 4 is 27.9 Å². The zero-order valence-electron chi connectivity index (χ0n) is 15.6. The van der Waals surface area contributed by atoms with Crippen molar-refractivity contribution < 1.29 is 10.2 Å². The Hall–Kier alpha value is -3.19. The molecule has 0 radical (unpaired) electrons. The summed E-state index contributed by atoms with van der Waals surface area (Å²) in [6.07, 6.45) is 3.06. The third-order valence-corrected chi connectivity index (χ3v) is 4.95. The Balaban J connectivity index is 2.22. The molecule has 0 fully saturated rings. The van der Waals surface area contributed by atoms with Gasteiger partial charge in [-0.25, -0.2) is 15.0 Å². The number of nitrogen functional groups attached to an aromatic ring is 1.